The van der Waals surface area contributed by atoms with Gasteiger partial charge in [0.2, 0.25) is 11.6 Å². The summed E-state index contributed by atoms with van der Waals surface area (Å²) in [5, 5.41) is 19.2. The van der Waals surface area contributed by atoms with Gasteiger partial charge in [-0.05, 0) is 0 Å². The van der Waals surface area contributed by atoms with Crippen molar-refractivity contribution in [1.82, 2.24) is 0 Å². The summed E-state index contributed by atoms with van der Waals surface area (Å²) in [6.45, 7) is 0. The number of hydrogen-bond donors (Lipinski definition) is 0. The molecule has 0 aliphatic carbocycles. The van der Waals surface area contributed by atoms with Crippen LogP contribution in [0.5, 0.6) is 0 Å². The quantitative estimate of drug-likeness (QED) is 0.164. The van der Waals surface area contributed by atoms with Crippen LogP contribution in [0, 0.1) is 0 Å². The third-order valence-corrected chi connectivity index (χ3v) is 1.73. The minimum Gasteiger partial charge on any atom is -0.542 e. The van der Waals surface area contributed by atoms with Crippen molar-refractivity contribution in [3.63, 3.8) is 0 Å². The molecule has 0 spiro atoms. The molecular weight excluding hydrogens is 453 g/mol. The summed E-state index contributed by atoms with van der Waals surface area (Å²) in [6.07, 6.45) is -13.8. The number of rotatable bonds is 6. The summed E-state index contributed by atoms with van der Waals surface area (Å²) in [4.78, 5) is 59.1. The van der Waals surface area contributed by atoms with E-state index in [-0.39, 0.29) is 27.4 Å². The molecule has 0 heterocycles. The number of Topliss-reactive ketones (excluding diaryl/α,β-unsaturated/α-hetero) is 4. The van der Waals surface area contributed by atoms with E-state index in [4.69, 9.17) is 0 Å². The number of alkyl halides is 6. The molecule has 0 bridgehead atoms. The molecule has 0 saturated heterocycles. The van der Waals surface area contributed by atoms with E-state index >= 15 is 0 Å². The van der Waals surface area contributed by atoms with Crippen LogP contribution in [0.2, 0.25) is 0 Å². The van der Waals surface area contributed by atoms with Crippen LogP contribution in [0.25, 0.3) is 0 Å². The SMILES string of the molecule is O.O.O=C([O-])C(=O)CC(=O)C(F)(F)F.O=C([O-])C(=O)CC(=O)C(F)(F)F.[Ni+2]. The number of hydrogen-bond acceptors (Lipinski definition) is 8. The van der Waals surface area contributed by atoms with Crippen LogP contribution in [-0.2, 0) is 45.3 Å². The van der Waals surface area contributed by atoms with E-state index in [0.29, 0.717) is 0 Å². The van der Waals surface area contributed by atoms with E-state index < -0.39 is 60.3 Å². The molecule has 0 aromatic rings. The number of aliphatic carboxylic acids is 2. The molecule has 0 aliphatic heterocycles. The van der Waals surface area contributed by atoms with Gasteiger partial charge in [-0.1, -0.05) is 0 Å². The van der Waals surface area contributed by atoms with Crippen molar-refractivity contribution < 1.29 is 92.8 Å². The zero-order chi connectivity index (χ0) is 19.9. The average Bonchev–Trinajstić information content (AvgIpc) is 2.36. The Labute approximate surface area is 154 Å². The van der Waals surface area contributed by atoms with E-state index in [1.807, 2.05) is 0 Å². The molecule has 0 rings (SSSR count). The van der Waals surface area contributed by atoms with Gasteiger partial charge < -0.3 is 30.8 Å². The molecular formula is C10H8F6NiO10. The smallest absolute Gasteiger partial charge is 0.542 e. The number of carboxylic acids is 2. The number of ketones is 4. The first kappa shape index (κ1) is 35.7. The van der Waals surface area contributed by atoms with Gasteiger partial charge in [0.1, 0.15) is 11.9 Å². The predicted octanol–water partition coefficient (Wildman–Crippen LogP) is -4.00. The van der Waals surface area contributed by atoms with E-state index in [1.54, 1.807) is 0 Å². The van der Waals surface area contributed by atoms with Gasteiger partial charge >= 0.3 is 28.8 Å². The molecule has 0 amide bonds. The molecule has 160 valence electrons. The van der Waals surface area contributed by atoms with Crippen molar-refractivity contribution in [2.24, 2.45) is 0 Å². The van der Waals surface area contributed by atoms with E-state index in [9.17, 15) is 65.3 Å². The summed E-state index contributed by atoms with van der Waals surface area (Å²) in [5.41, 5.74) is 0. The van der Waals surface area contributed by atoms with E-state index in [2.05, 4.69) is 0 Å². The standard InChI is InChI=1S/2C5H3F3O4.Ni.2H2O/c2*6-5(7,8)3(10)1-2(9)4(11)12;;;/h2*1H2,(H,11,12);;2*1H2/q;;+2;;/p-2. The molecule has 0 unspecified atom stereocenters. The number of carboxylic acid groups (broad SMARTS) is 2. The van der Waals surface area contributed by atoms with Crippen molar-refractivity contribution >= 4 is 35.1 Å². The van der Waals surface area contributed by atoms with Gasteiger partial charge in [0.15, 0.2) is 11.6 Å². The summed E-state index contributed by atoms with van der Waals surface area (Å²) >= 11 is 0. The fraction of sp³-hybridized carbons (Fsp3) is 0.400. The maximum Gasteiger partial charge on any atom is 2.00 e. The van der Waals surface area contributed by atoms with Crippen LogP contribution in [0.3, 0.4) is 0 Å². The van der Waals surface area contributed by atoms with Crippen molar-refractivity contribution in [1.29, 1.82) is 0 Å². The Morgan fingerprint density at radius 1 is 0.593 bits per heavy atom. The largest absolute Gasteiger partial charge is 2.00 e. The third kappa shape index (κ3) is 16.8. The monoisotopic (exact) mass is 460 g/mol. The molecule has 0 saturated carbocycles. The van der Waals surface area contributed by atoms with Gasteiger partial charge in [0, 0.05) is 0 Å². The average molecular weight is 461 g/mol. The Kier molecular flexibility index (Phi) is 18.2. The van der Waals surface area contributed by atoms with Crippen LogP contribution < -0.4 is 10.2 Å². The van der Waals surface area contributed by atoms with Crippen molar-refractivity contribution in [2.75, 3.05) is 0 Å². The normalized spacial score (nSPS) is 9.70. The Balaban J connectivity index is -0.000000108. The fourth-order valence-electron chi connectivity index (χ4n) is 0.636. The maximum absolute atomic E-state index is 11.4. The molecule has 0 fully saturated rings. The molecule has 0 atom stereocenters. The number of halogens is 6. The number of carbonyl (C=O) groups excluding carboxylic acids is 6. The molecule has 0 aromatic carbocycles. The molecule has 0 radical (unpaired) electrons. The van der Waals surface area contributed by atoms with Gasteiger partial charge in [-0.2, -0.15) is 26.3 Å². The zero-order valence-electron chi connectivity index (χ0n) is 12.3. The van der Waals surface area contributed by atoms with E-state index in [1.165, 1.54) is 0 Å². The van der Waals surface area contributed by atoms with Crippen LogP contribution in [0.1, 0.15) is 12.8 Å². The second-order valence-corrected chi connectivity index (χ2v) is 3.62. The number of carbonyl (C=O) groups is 6. The van der Waals surface area contributed by atoms with Crippen molar-refractivity contribution in [3.8, 4) is 0 Å². The third-order valence-electron chi connectivity index (χ3n) is 1.73. The maximum atomic E-state index is 11.4. The van der Waals surface area contributed by atoms with Crippen LogP contribution >= 0.6 is 0 Å². The van der Waals surface area contributed by atoms with Gasteiger partial charge in [-0.25, -0.2) is 0 Å². The summed E-state index contributed by atoms with van der Waals surface area (Å²) < 4.78 is 68.1. The summed E-state index contributed by atoms with van der Waals surface area (Å²) in [5.74, 6) is -13.1. The molecule has 4 N–H and O–H groups in total. The topological polar surface area (TPSA) is 212 Å². The van der Waals surface area contributed by atoms with Crippen LogP contribution in [0.4, 0.5) is 26.3 Å². The Morgan fingerprint density at radius 2 is 0.778 bits per heavy atom. The van der Waals surface area contributed by atoms with Gasteiger partial charge in [0.25, 0.3) is 0 Å². The zero-order valence-corrected chi connectivity index (χ0v) is 13.3. The molecule has 27 heavy (non-hydrogen) atoms. The van der Waals surface area contributed by atoms with Crippen LogP contribution in [-0.4, -0.2) is 58.4 Å². The van der Waals surface area contributed by atoms with Crippen molar-refractivity contribution in [3.05, 3.63) is 0 Å². The van der Waals surface area contributed by atoms with E-state index in [0.717, 1.165) is 0 Å². The Hall–Kier alpha value is -2.39. The predicted molar refractivity (Wildman–Crippen MR) is 58.6 cm³/mol. The summed E-state index contributed by atoms with van der Waals surface area (Å²) in [7, 11) is 0. The minimum atomic E-state index is -5.18. The molecule has 17 heteroatoms. The first-order chi connectivity index (χ1) is 10.5. The van der Waals surface area contributed by atoms with Gasteiger partial charge in [0.05, 0.1) is 12.8 Å². The molecule has 0 aliphatic rings. The van der Waals surface area contributed by atoms with Gasteiger partial charge in [-0.15, -0.1) is 0 Å². The molecule has 0 aromatic heterocycles. The molecule has 10 nitrogen and oxygen atoms in total. The Morgan fingerprint density at radius 3 is 0.889 bits per heavy atom. The summed E-state index contributed by atoms with van der Waals surface area (Å²) in [6, 6.07) is 0. The first-order valence-electron chi connectivity index (χ1n) is 5.18. The second kappa shape index (κ2) is 13.8. The Bertz CT molecular complexity index is 518. The second-order valence-electron chi connectivity index (χ2n) is 3.62. The first-order valence-corrected chi connectivity index (χ1v) is 5.18. The minimum absolute atomic E-state index is 0. The van der Waals surface area contributed by atoms with Crippen molar-refractivity contribution in [2.45, 2.75) is 25.2 Å². The fourth-order valence-corrected chi connectivity index (χ4v) is 0.636. The van der Waals surface area contributed by atoms with Gasteiger partial charge in [-0.3, -0.25) is 19.2 Å². The van der Waals surface area contributed by atoms with Crippen LogP contribution in [0.15, 0.2) is 0 Å².